The molecule has 66 heavy (non-hydrogen) atoms. The van der Waals surface area contributed by atoms with Crippen LogP contribution in [-0.2, 0) is 47.4 Å². The van der Waals surface area contributed by atoms with E-state index in [-0.39, 0.29) is 144 Å². The van der Waals surface area contributed by atoms with Gasteiger partial charge >= 0.3 is 0 Å². The smallest absolute Gasteiger partial charge is 0.0776 e. The molecule has 0 aliphatic rings. The van der Waals surface area contributed by atoms with Gasteiger partial charge < -0.3 is 57.6 Å². The molecule has 0 bridgehead atoms. The first-order valence-electron chi connectivity index (χ1n) is 18.5. The minimum absolute atomic E-state index is 0. The molecule has 444 valence electrons. The van der Waals surface area contributed by atoms with Gasteiger partial charge in [-0.1, -0.05) is 147 Å². The van der Waals surface area contributed by atoms with Gasteiger partial charge in [0.15, 0.2) is 0 Å². The first kappa shape index (κ1) is 158. The van der Waals surface area contributed by atoms with Crippen LogP contribution in [0, 0.1) is 0 Å². The van der Waals surface area contributed by atoms with Gasteiger partial charge in [-0.2, -0.15) is 0 Å². The second-order valence-electron chi connectivity index (χ2n) is 10.2. The molecule has 4 atom stereocenters. The van der Waals surface area contributed by atoms with E-state index >= 15 is 0 Å². The molecule has 0 aliphatic heterocycles. The van der Waals surface area contributed by atoms with Crippen molar-refractivity contribution in [2.24, 2.45) is 0 Å². The van der Waals surface area contributed by atoms with Gasteiger partial charge in [0.25, 0.3) is 0 Å². The first-order chi connectivity index (χ1) is 23.9. The number of aliphatic hydroxyl groups is 2. The van der Waals surface area contributed by atoms with Crippen molar-refractivity contribution in [1.82, 2.24) is 0 Å². The van der Waals surface area contributed by atoms with Crippen LogP contribution in [0.15, 0.2) is 0 Å². The molecule has 0 fully saturated rings. The maximum absolute atomic E-state index is 8.21. The van der Waals surface area contributed by atoms with Crippen molar-refractivity contribution in [1.29, 1.82) is 0 Å². The molecule has 0 aromatic rings. The van der Waals surface area contributed by atoms with Crippen LogP contribution in [0.25, 0.3) is 0 Å². The van der Waals surface area contributed by atoms with E-state index in [0.717, 1.165) is 65.3 Å². The van der Waals surface area contributed by atoms with Crippen LogP contribution >= 0.6 is 0 Å². The Bertz CT molecular complexity index is 378. The highest BCUT2D eigenvalue weighted by atomic mass is 16.5. The lowest BCUT2D eigenvalue weighted by Crippen LogP contribution is -2.11. The molecule has 0 rings (SSSR count). The summed E-state index contributed by atoms with van der Waals surface area (Å²) in [5.74, 6) is 0. The van der Waals surface area contributed by atoms with E-state index in [9.17, 15) is 0 Å². The number of ether oxygens (including phenoxy) is 10. The van der Waals surface area contributed by atoms with Gasteiger partial charge in [0.2, 0.25) is 0 Å². The van der Waals surface area contributed by atoms with Crippen molar-refractivity contribution in [2.45, 2.75) is 252 Å². The molecular formula is C54H156O12. The molecule has 0 spiro atoms. The van der Waals surface area contributed by atoms with E-state index in [0.29, 0.717) is 38.6 Å². The summed E-state index contributed by atoms with van der Waals surface area (Å²) in [6, 6.07) is 0. The summed E-state index contributed by atoms with van der Waals surface area (Å²) in [6.45, 7) is 32.4. The molecule has 0 saturated heterocycles. The molecular weight excluding hydrogens is 841 g/mol. The van der Waals surface area contributed by atoms with Gasteiger partial charge in [0.05, 0.1) is 64.1 Å². The molecule has 0 heterocycles. The summed E-state index contributed by atoms with van der Waals surface area (Å²) in [5, 5.41) is 16.2. The van der Waals surface area contributed by atoms with Crippen molar-refractivity contribution in [3.05, 3.63) is 0 Å². The highest BCUT2D eigenvalue weighted by Gasteiger charge is 1.94. The maximum Gasteiger partial charge on any atom is 0.0776 e. The first-order valence-corrected chi connectivity index (χ1v) is 18.5. The quantitative estimate of drug-likeness (QED) is 0.100. The molecule has 12 heteroatoms. The van der Waals surface area contributed by atoms with Gasteiger partial charge in [0, 0.05) is 82.3 Å². The van der Waals surface area contributed by atoms with Gasteiger partial charge in [0.1, 0.15) is 0 Å². The summed E-state index contributed by atoms with van der Waals surface area (Å²) < 4.78 is 48.4. The molecule has 4 unspecified atom stereocenters. The van der Waals surface area contributed by atoms with Crippen LogP contribution in [0.5, 0.6) is 0 Å². The van der Waals surface area contributed by atoms with E-state index in [1.54, 1.807) is 49.6 Å². The SMILES string of the molecule is C.C.C.C.C.C.C.C.C.C.C.C.C.C.C.C.CCCOCC.CCCOCC.CCOC(C)CC.CCOC(C)CC.COC(C)CO.COCC(C)OC.COCCO.COCCOC. The second kappa shape index (κ2) is 185. The van der Waals surface area contributed by atoms with Gasteiger partial charge in [-0.15, -0.1) is 0 Å². The lowest BCUT2D eigenvalue weighted by Gasteiger charge is -2.05. The Morgan fingerprint density at radius 2 is 0.606 bits per heavy atom. The zero-order valence-corrected chi connectivity index (χ0v) is 36.6. The Morgan fingerprint density at radius 1 is 0.333 bits per heavy atom. The summed E-state index contributed by atoms with van der Waals surface area (Å²) in [6.07, 6.45) is 5.62. The van der Waals surface area contributed by atoms with Crippen molar-refractivity contribution in [3.63, 3.8) is 0 Å². The summed E-state index contributed by atoms with van der Waals surface area (Å²) >= 11 is 0. The second-order valence-corrected chi connectivity index (χ2v) is 10.2. The fourth-order valence-corrected chi connectivity index (χ4v) is 2.02. The zero-order valence-electron chi connectivity index (χ0n) is 36.6. The van der Waals surface area contributed by atoms with Crippen molar-refractivity contribution in [2.75, 3.05) is 122 Å². The minimum atomic E-state index is -0.00926. The number of aliphatic hydroxyl groups excluding tert-OH is 2. The molecule has 0 amide bonds. The Balaban J connectivity index is -0.0000000134. The molecule has 0 aromatic carbocycles. The predicted octanol–water partition coefficient (Wildman–Crippen LogP) is 17.3. The molecule has 0 aromatic heterocycles. The fraction of sp³-hybridized carbons (Fsp3) is 1.00. The third-order valence-corrected chi connectivity index (χ3v) is 5.41. The Hall–Kier alpha value is -0.480. The van der Waals surface area contributed by atoms with Crippen molar-refractivity contribution < 1.29 is 57.6 Å². The predicted molar refractivity (Wildman–Crippen MR) is 319 cm³/mol. The van der Waals surface area contributed by atoms with Crippen LogP contribution in [0.3, 0.4) is 0 Å². The van der Waals surface area contributed by atoms with E-state index in [4.69, 9.17) is 38.6 Å². The van der Waals surface area contributed by atoms with Gasteiger partial charge in [-0.25, -0.2) is 0 Å². The standard InChI is InChI=1S/2C6H14O.C5H12O2.2C5H12O.2C4H10O2.C3H8O2.16CH4/c2*1-4-6(3)7-5-2;1-5(7-3)4-6-2;2*1-3-5-6-4-2;1-5-3-4-6-2;1-4(3-5)6-2;1-5-3-2-4;;;;;;;;;;;;;;;;/h2*6H,4-5H2,1-3H3;5H,4H2,1-3H3;2*3-5H2,1-2H3;3-4H2,1-2H3;4-5H,3H2,1-2H3;4H,2-3H2,1H3;16*1H4. The van der Waals surface area contributed by atoms with Crippen molar-refractivity contribution >= 4 is 0 Å². The third kappa shape index (κ3) is 285. The number of rotatable bonds is 22. The molecule has 12 nitrogen and oxygen atoms in total. The monoisotopic (exact) mass is 997 g/mol. The number of hydrogen-bond acceptors (Lipinski definition) is 12. The van der Waals surface area contributed by atoms with Gasteiger partial charge in [-0.05, 0) is 81.1 Å². The topological polar surface area (TPSA) is 133 Å². The molecule has 0 radical (unpaired) electrons. The molecule has 0 saturated carbocycles. The Kier molecular flexibility index (Phi) is 443. The van der Waals surface area contributed by atoms with Crippen LogP contribution in [-0.4, -0.2) is 157 Å². The lowest BCUT2D eigenvalue weighted by molar-refractivity contribution is 0.0401. The van der Waals surface area contributed by atoms with E-state index in [1.165, 1.54) is 0 Å². The number of methoxy groups -OCH3 is 6. The fourth-order valence-electron chi connectivity index (χ4n) is 2.02. The maximum atomic E-state index is 8.21. The summed E-state index contributed by atoms with van der Waals surface area (Å²) in [5.41, 5.74) is 0. The minimum Gasteiger partial charge on any atom is -0.394 e. The van der Waals surface area contributed by atoms with Crippen LogP contribution in [0.2, 0.25) is 0 Å². The average Bonchev–Trinajstić information content (AvgIpc) is 3.14. The third-order valence-electron chi connectivity index (χ3n) is 5.41. The van der Waals surface area contributed by atoms with E-state index < -0.39 is 0 Å². The highest BCUT2D eigenvalue weighted by Crippen LogP contribution is 1.93. The normalized spacial score (nSPS) is 8.91. The molecule has 2 N–H and O–H groups in total. The van der Waals surface area contributed by atoms with Crippen LogP contribution in [0.4, 0.5) is 0 Å². The van der Waals surface area contributed by atoms with E-state index in [2.05, 4.69) is 60.5 Å². The number of hydrogen-bond donors (Lipinski definition) is 2. The lowest BCUT2D eigenvalue weighted by atomic mass is 10.3. The molecule has 0 aliphatic carbocycles. The van der Waals surface area contributed by atoms with Crippen LogP contribution in [0.1, 0.15) is 228 Å². The Morgan fingerprint density at radius 3 is 0.667 bits per heavy atom. The van der Waals surface area contributed by atoms with E-state index in [1.807, 2.05) is 34.6 Å². The highest BCUT2D eigenvalue weighted by molar-refractivity contribution is 4.42. The van der Waals surface area contributed by atoms with Crippen molar-refractivity contribution in [3.8, 4) is 0 Å². The Labute approximate surface area is 430 Å². The summed E-state index contributed by atoms with van der Waals surface area (Å²) in [4.78, 5) is 0. The average molecular weight is 998 g/mol. The van der Waals surface area contributed by atoms with Gasteiger partial charge in [-0.3, -0.25) is 0 Å². The zero-order chi connectivity index (χ0) is 40.7. The van der Waals surface area contributed by atoms with Crippen LogP contribution < -0.4 is 0 Å². The summed E-state index contributed by atoms with van der Waals surface area (Å²) in [7, 11) is 9.76. The largest absolute Gasteiger partial charge is 0.394 e.